The summed E-state index contributed by atoms with van der Waals surface area (Å²) in [5, 5.41) is 25.3. The maximum atomic E-state index is 14.4. The number of aromatic amines is 1. The van der Waals surface area contributed by atoms with Crippen LogP contribution in [0, 0.1) is 11.3 Å². The van der Waals surface area contributed by atoms with Crippen molar-refractivity contribution >= 4 is 52.4 Å². The average molecular weight is 852 g/mol. The normalized spacial score (nSPS) is 16.4. The summed E-state index contributed by atoms with van der Waals surface area (Å²) in [7, 11) is 0. The molecule has 1 fully saturated rings. The first-order chi connectivity index (χ1) is 28.9. The van der Waals surface area contributed by atoms with Crippen LogP contribution in [0.1, 0.15) is 98.0 Å². The Labute approximate surface area is 356 Å². The summed E-state index contributed by atoms with van der Waals surface area (Å²) in [4.78, 5) is 93.6. The van der Waals surface area contributed by atoms with Crippen LogP contribution in [0.25, 0.3) is 21.3 Å². The second-order valence-electron chi connectivity index (χ2n) is 17.0. The van der Waals surface area contributed by atoms with Crippen molar-refractivity contribution in [1.82, 2.24) is 31.2 Å². The lowest BCUT2D eigenvalue weighted by molar-refractivity contribution is -0.143. The second-order valence-corrected chi connectivity index (χ2v) is 17.0. The summed E-state index contributed by atoms with van der Waals surface area (Å²) >= 11 is 0. The van der Waals surface area contributed by atoms with Gasteiger partial charge in [-0.15, -0.1) is 0 Å². The van der Waals surface area contributed by atoms with Crippen molar-refractivity contribution in [2.24, 2.45) is 38.6 Å². The van der Waals surface area contributed by atoms with Gasteiger partial charge in [0.05, 0.1) is 0 Å². The first kappa shape index (κ1) is 49.5. The third-order valence-corrected chi connectivity index (χ3v) is 10.5. The van der Waals surface area contributed by atoms with Gasteiger partial charge >= 0.3 is 5.97 Å². The fourth-order valence-corrected chi connectivity index (χ4v) is 7.36. The number of carbonyl (C=O) groups is 6. The predicted octanol–water partition coefficient (Wildman–Crippen LogP) is 2.07. The number of guanidine groups is 1. The molecule has 1 aliphatic rings. The number of hydrogen-bond acceptors (Lipinski definition) is 9. The monoisotopic (exact) mass is 852 g/mol. The highest BCUT2D eigenvalue weighted by Gasteiger charge is 2.41. The maximum absolute atomic E-state index is 14.4. The molecule has 1 aromatic heterocycles. The number of amides is 5. The molecule has 0 spiro atoms. The summed E-state index contributed by atoms with van der Waals surface area (Å²) in [5.41, 5.74) is 26.4. The molecule has 1 aromatic carbocycles. The van der Waals surface area contributed by atoms with E-state index in [-0.39, 0.29) is 57.1 Å². The Morgan fingerprint density at radius 3 is 2.28 bits per heavy atom. The summed E-state index contributed by atoms with van der Waals surface area (Å²) in [6.45, 7) is 9.69. The van der Waals surface area contributed by atoms with E-state index in [1.54, 1.807) is 27.0 Å². The van der Waals surface area contributed by atoms with Gasteiger partial charge in [0.1, 0.15) is 36.3 Å². The quantitative estimate of drug-likeness (QED) is 0.0185. The van der Waals surface area contributed by atoms with E-state index in [1.165, 1.54) is 4.90 Å². The van der Waals surface area contributed by atoms with E-state index >= 15 is 0 Å². The van der Waals surface area contributed by atoms with E-state index in [0.717, 1.165) is 23.7 Å². The number of benzene rings is 1. The van der Waals surface area contributed by atoms with E-state index in [4.69, 9.17) is 17.2 Å². The number of carboxylic acids is 1. The number of aliphatic carboxylic acids is 1. The zero-order chi connectivity index (χ0) is 45.3. The summed E-state index contributed by atoms with van der Waals surface area (Å²) < 4.78 is 0. The van der Waals surface area contributed by atoms with E-state index in [9.17, 15) is 39.4 Å². The maximum Gasteiger partial charge on any atom is 0.326 e. The van der Waals surface area contributed by atoms with Gasteiger partial charge in [0.2, 0.25) is 29.5 Å². The molecule has 20 heteroatoms. The number of para-hydroxylation sites is 1. The van der Waals surface area contributed by atoms with Crippen LogP contribution in [0.15, 0.2) is 40.6 Å². The summed E-state index contributed by atoms with van der Waals surface area (Å²) in [5.74, 6) is -4.57. The fraction of sp³-hybridized carbons (Fsp3) is 0.634. The number of fused-ring (bicyclic) bond motifs is 1. The topological polar surface area (TPSA) is 329 Å². The van der Waals surface area contributed by atoms with Gasteiger partial charge in [-0.2, -0.15) is 0 Å². The van der Waals surface area contributed by atoms with Crippen molar-refractivity contribution in [3.8, 4) is 0 Å². The lowest BCUT2D eigenvalue weighted by Crippen LogP contribution is -2.61. The minimum atomic E-state index is -1.24. The highest BCUT2D eigenvalue weighted by Crippen LogP contribution is 2.24. The molecule has 2 heterocycles. The number of aliphatic imine (C=N–C) groups is 1. The van der Waals surface area contributed by atoms with Gasteiger partial charge in [0.15, 0.2) is 5.96 Å². The van der Waals surface area contributed by atoms with Crippen molar-refractivity contribution in [2.45, 2.75) is 135 Å². The Balaban J connectivity index is 1.92. The van der Waals surface area contributed by atoms with Gasteiger partial charge in [-0.3, -0.25) is 29.0 Å². The Bertz CT molecular complexity index is 1900. The first-order valence-electron chi connectivity index (χ1n) is 21.0. The molecule has 1 saturated heterocycles. The predicted molar refractivity (Wildman–Crippen MR) is 231 cm³/mol. The molecule has 0 saturated carbocycles. The highest BCUT2D eigenvalue weighted by molar-refractivity contribution is 5.97. The number of hydrogen-bond donors (Lipinski definition) is 9. The molecule has 5 amide bonds. The number of carboxylic acid groups (broad SMARTS) is 1. The molecular weight excluding hydrogens is 787 g/mol. The van der Waals surface area contributed by atoms with E-state index < -0.39 is 77.2 Å². The first-order valence-corrected chi connectivity index (χ1v) is 21.0. The number of nitrogens with one attached hydrogen (secondary N) is 5. The number of likely N-dealkylation sites (tertiary alicyclic amines) is 1. The molecule has 1 aliphatic heterocycles. The number of carbonyl (C=O) groups excluding carboxylic acids is 5. The van der Waals surface area contributed by atoms with Crippen LogP contribution in [0.5, 0.6) is 0 Å². The third kappa shape index (κ3) is 15.3. The SMILES string of the molecule is CC(C)C[C@H](NC(=O)[C@@H](NC(=O)[C@H](Cc1c[nH]c2ccccc12)NC(=O)[C@@H]1CCCN1C(=O)[C@H](CCCN=C(N)N)NC(=O)[C@H](CCCCCN)N=[N+]=[N-])C(C)(C)C)C(=O)O. The standard InChI is InChI=1S/C41H65N13O7/c1-24(2)21-31(39(60)61)50-37(58)33(41(3,4)5)51-35(56)30(22-25-23-47-27-14-9-8-13-26(25)27)49-36(57)32-17-12-20-54(32)38(59)29(16-11-19-46-40(43)44)48-34(55)28(52-53-45)15-7-6-10-18-42/h8-9,13-14,23-24,28-33,47H,6-7,10-12,15-22,42H2,1-5H3,(H,48,55)(H,49,57)(H,50,58)(H,51,56)(H,60,61)(H4,43,44,46)/t28-,29-,30-,31-,32-,33+/m0/s1. The van der Waals surface area contributed by atoms with E-state index in [2.05, 4.69) is 41.3 Å². The van der Waals surface area contributed by atoms with Crippen molar-refractivity contribution < 1.29 is 33.9 Å². The molecule has 2 aromatic rings. The molecule has 0 aliphatic carbocycles. The minimum absolute atomic E-state index is 0.00138. The fourth-order valence-electron chi connectivity index (χ4n) is 7.36. The summed E-state index contributed by atoms with van der Waals surface area (Å²) in [6, 6.07) is 0.574. The molecular formula is C41H65N13O7. The zero-order valence-corrected chi connectivity index (χ0v) is 36.0. The molecule has 3 rings (SSSR count). The Morgan fingerprint density at radius 2 is 1.64 bits per heavy atom. The number of nitrogens with two attached hydrogens (primary N) is 3. The molecule has 0 radical (unpaired) electrons. The van der Waals surface area contributed by atoms with Crippen LogP contribution in [0.3, 0.4) is 0 Å². The second kappa shape index (κ2) is 23.8. The van der Waals surface area contributed by atoms with Gasteiger partial charge in [-0.05, 0) is 80.0 Å². The van der Waals surface area contributed by atoms with Gasteiger partial charge in [-0.25, -0.2) is 4.79 Å². The van der Waals surface area contributed by atoms with Crippen molar-refractivity contribution in [3.63, 3.8) is 0 Å². The molecule has 0 bridgehead atoms. The van der Waals surface area contributed by atoms with E-state index in [0.29, 0.717) is 31.4 Å². The largest absolute Gasteiger partial charge is 0.480 e. The highest BCUT2D eigenvalue weighted by atomic mass is 16.4. The third-order valence-electron chi connectivity index (χ3n) is 10.5. The van der Waals surface area contributed by atoms with Gasteiger partial charge < -0.3 is 53.5 Å². The smallest absolute Gasteiger partial charge is 0.326 e. The number of nitrogens with zero attached hydrogens (tertiary/aromatic N) is 5. The zero-order valence-electron chi connectivity index (χ0n) is 36.0. The number of H-pyrrole nitrogens is 1. The van der Waals surface area contributed by atoms with Gasteiger partial charge in [0.25, 0.3) is 0 Å². The Morgan fingerprint density at radius 1 is 0.934 bits per heavy atom. The van der Waals surface area contributed by atoms with Crippen LogP contribution >= 0.6 is 0 Å². The molecule has 6 atom stereocenters. The molecule has 61 heavy (non-hydrogen) atoms. The van der Waals surface area contributed by atoms with Gasteiger partial charge in [-0.1, -0.05) is 70.8 Å². The molecule has 20 nitrogen and oxygen atoms in total. The number of rotatable bonds is 24. The van der Waals surface area contributed by atoms with Crippen molar-refractivity contribution in [3.05, 3.63) is 46.5 Å². The van der Waals surface area contributed by atoms with Crippen LogP contribution in [0.4, 0.5) is 0 Å². The lowest BCUT2D eigenvalue weighted by atomic mass is 9.85. The lowest BCUT2D eigenvalue weighted by Gasteiger charge is -2.33. The molecule has 0 unspecified atom stereocenters. The Hall–Kier alpha value is -5.88. The Kier molecular flexibility index (Phi) is 19.3. The van der Waals surface area contributed by atoms with Crippen LogP contribution in [-0.2, 0) is 35.2 Å². The van der Waals surface area contributed by atoms with Crippen LogP contribution in [-0.4, -0.2) is 112 Å². The average Bonchev–Trinajstić information content (AvgIpc) is 3.85. The number of azide groups is 1. The minimum Gasteiger partial charge on any atom is -0.480 e. The molecule has 336 valence electrons. The summed E-state index contributed by atoms with van der Waals surface area (Å²) in [6.07, 6.45) is 5.29. The van der Waals surface area contributed by atoms with Gasteiger partial charge in [0, 0.05) is 41.5 Å². The van der Waals surface area contributed by atoms with Crippen LogP contribution in [0.2, 0.25) is 0 Å². The van der Waals surface area contributed by atoms with E-state index in [1.807, 2.05) is 38.1 Å². The molecule has 12 N–H and O–H groups in total. The van der Waals surface area contributed by atoms with Crippen LogP contribution < -0.4 is 38.5 Å². The van der Waals surface area contributed by atoms with Crippen molar-refractivity contribution in [2.75, 3.05) is 19.6 Å². The number of aromatic nitrogens is 1. The van der Waals surface area contributed by atoms with Crippen molar-refractivity contribution in [1.29, 1.82) is 0 Å². The number of unbranched alkanes of at least 4 members (excludes halogenated alkanes) is 2.